The third-order valence-electron chi connectivity index (χ3n) is 6.89. The number of piperazine rings is 1. The third-order valence-corrected chi connectivity index (χ3v) is 6.89. The predicted octanol–water partition coefficient (Wildman–Crippen LogP) is 3.75. The van der Waals surface area contributed by atoms with Crippen molar-refractivity contribution < 1.29 is 14.7 Å². The third kappa shape index (κ3) is 4.25. The van der Waals surface area contributed by atoms with Gasteiger partial charge in [0.05, 0.1) is 11.6 Å². The van der Waals surface area contributed by atoms with E-state index >= 15 is 0 Å². The summed E-state index contributed by atoms with van der Waals surface area (Å²) in [4.78, 5) is 32.6. The molecule has 2 fully saturated rings. The van der Waals surface area contributed by atoms with Gasteiger partial charge in [-0.3, -0.25) is 9.59 Å². The molecule has 33 heavy (non-hydrogen) atoms. The Morgan fingerprint density at radius 2 is 1.52 bits per heavy atom. The van der Waals surface area contributed by atoms with E-state index in [1.807, 2.05) is 70.5 Å². The number of phenolic OH excluding ortho intramolecular Hbond substituents is 1. The van der Waals surface area contributed by atoms with Crippen LogP contribution in [0.2, 0.25) is 0 Å². The smallest absolute Gasteiger partial charge is 0.254 e. The van der Waals surface area contributed by atoms with Crippen molar-refractivity contribution in [2.75, 3.05) is 44.2 Å². The molecule has 1 N–H and O–H groups in total. The summed E-state index contributed by atoms with van der Waals surface area (Å²) in [5.41, 5.74) is 1.52. The summed E-state index contributed by atoms with van der Waals surface area (Å²) in [5, 5.41) is 12.1. The fraction of sp³-hybridized carbons (Fsp3) is 0.333. The minimum Gasteiger partial charge on any atom is -0.506 e. The lowest BCUT2D eigenvalue weighted by Gasteiger charge is -2.40. The zero-order valence-corrected chi connectivity index (χ0v) is 18.7. The van der Waals surface area contributed by atoms with Gasteiger partial charge < -0.3 is 19.8 Å². The molecule has 1 unspecified atom stereocenters. The summed E-state index contributed by atoms with van der Waals surface area (Å²) >= 11 is 0. The van der Waals surface area contributed by atoms with Gasteiger partial charge >= 0.3 is 0 Å². The molecule has 2 saturated heterocycles. The second-order valence-electron chi connectivity index (χ2n) is 8.92. The van der Waals surface area contributed by atoms with Crippen LogP contribution in [0.25, 0.3) is 10.8 Å². The van der Waals surface area contributed by atoms with E-state index in [4.69, 9.17) is 0 Å². The Hall–Kier alpha value is -3.54. The predicted molar refractivity (Wildman–Crippen MR) is 129 cm³/mol. The van der Waals surface area contributed by atoms with E-state index in [0.717, 1.165) is 29.3 Å². The molecule has 0 spiro atoms. The van der Waals surface area contributed by atoms with Crippen molar-refractivity contribution in [3.63, 3.8) is 0 Å². The van der Waals surface area contributed by atoms with E-state index in [1.54, 1.807) is 6.07 Å². The van der Waals surface area contributed by atoms with Crippen LogP contribution in [-0.2, 0) is 4.79 Å². The van der Waals surface area contributed by atoms with Gasteiger partial charge in [-0.15, -0.1) is 0 Å². The number of likely N-dealkylation sites (tertiary alicyclic amines) is 1. The lowest BCUT2D eigenvalue weighted by molar-refractivity contribution is -0.137. The first-order valence-corrected chi connectivity index (χ1v) is 11.7. The number of carbonyl (C=O) groups excluding carboxylic acids is 2. The number of phenols is 1. The molecule has 5 rings (SSSR count). The zero-order valence-electron chi connectivity index (χ0n) is 18.7. The lowest BCUT2D eigenvalue weighted by Crippen LogP contribution is -2.53. The highest BCUT2D eigenvalue weighted by Crippen LogP contribution is 2.28. The van der Waals surface area contributed by atoms with Crippen LogP contribution in [0.3, 0.4) is 0 Å². The van der Waals surface area contributed by atoms with E-state index in [1.165, 1.54) is 0 Å². The summed E-state index contributed by atoms with van der Waals surface area (Å²) in [6.45, 7) is 3.79. The van der Waals surface area contributed by atoms with Crippen molar-refractivity contribution >= 4 is 28.3 Å². The number of fused-ring (bicyclic) bond motifs is 1. The van der Waals surface area contributed by atoms with E-state index in [9.17, 15) is 14.7 Å². The summed E-state index contributed by atoms with van der Waals surface area (Å²) in [5.74, 6) is 0.262. The molecule has 2 amide bonds. The second-order valence-corrected chi connectivity index (χ2v) is 8.92. The quantitative estimate of drug-likeness (QED) is 0.670. The number of anilines is 1. The number of carbonyl (C=O) groups is 2. The average molecular weight is 444 g/mol. The minimum absolute atomic E-state index is 0.00803. The second kappa shape index (κ2) is 9.14. The van der Waals surface area contributed by atoms with Crippen LogP contribution in [-0.4, -0.2) is 66.0 Å². The fourth-order valence-corrected chi connectivity index (χ4v) is 5.10. The van der Waals surface area contributed by atoms with Crippen LogP contribution in [0.4, 0.5) is 5.69 Å². The Morgan fingerprint density at radius 3 is 2.33 bits per heavy atom. The number of nitrogens with zero attached hydrogens (tertiary/aromatic N) is 3. The molecule has 0 saturated carbocycles. The summed E-state index contributed by atoms with van der Waals surface area (Å²) in [7, 11) is 0. The highest BCUT2D eigenvalue weighted by molar-refractivity contribution is 6.07. The van der Waals surface area contributed by atoms with Gasteiger partial charge in [0.25, 0.3) is 5.91 Å². The maximum atomic E-state index is 13.4. The SMILES string of the molecule is O=C(c1cccc2ccccc12)N1CCCC(C(=O)N2CCN(c3ccccc3O)CC2)C1. The molecule has 2 heterocycles. The van der Waals surface area contributed by atoms with Crippen LogP contribution in [0.15, 0.2) is 66.7 Å². The molecule has 0 aromatic heterocycles. The van der Waals surface area contributed by atoms with Gasteiger partial charge in [-0.2, -0.15) is 0 Å². The topological polar surface area (TPSA) is 64.1 Å². The van der Waals surface area contributed by atoms with Gasteiger partial charge in [0.1, 0.15) is 5.75 Å². The van der Waals surface area contributed by atoms with E-state index in [-0.39, 0.29) is 23.5 Å². The van der Waals surface area contributed by atoms with Crippen molar-refractivity contribution in [3.05, 3.63) is 72.3 Å². The molecule has 6 heteroatoms. The number of benzene rings is 3. The van der Waals surface area contributed by atoms with Gasteiger partial charge in [-0.25, -0.2) is 0 Å². The zero-order chi connectivity index (χ0) is 22.8. The summed E-state index contributed by atoms with van der Waals surface area (Å²) in [6.07, 6.45) is 1.66. The lowest BCUT2D eigenvalue weighted by atomic mass is 9.95. The van der Waals surface area contributed by atoms with Gasteiger partial charge in [0, 0.05) is 44.8 Å². The minimum atomic E-state index is -0.158. The van der Waals surface area contributed by atoms with Crippen LogP contribution >= 0.6 is 0 Å². The molecule has 2 aliphatic rings. The van der Waals surface area contributed by atoms with Crippen LogP contribution < -0.4 is 4.90 Å². The maximum absolute atomic E-state index is 13.4. The number of rotatable bonds is 3. The number of amides is 2. The van der Waals surface area contributed by atoms with Gasteiger partial charge in [0.2, 0.25) is 5.91 Å². The molecule has 0 aliphatic carbocycles. The van der Waals surface area contributed by atoms with Gasteiger partial charge in [-0.05, 0) is 41.8 Å². The highest BCUT2D eigenvalue weighted by Gasteiger charge is 2.33. The Kier molecular flexibility index (Phi) is 5.90. The first kappa shape index (κ1) is 21.3. The normalized spacial score (nSPS) is 19.0. The van der Waals surface area contributed by atoms with Crippen molar-refractivity contribution in [1.29, 1.82) is 0 Å². The standard InChI is InChI=1S/C27H29N3O3/c31-25-13-4-3-12-24(25)28-15-17-29(18-16-28)26(32)21-9-6-14-30(19-21)27(33)23-11-5-8-20-7-1-2-10-22(20)23/h1-5,7-8,10-13,21,31H,6,9,14-19H2. The first-order valence-electron chi connectivity index (χ1n) is 11.7. The number of hydrogen-bond donors (Lipinski definition) is 1. The van der Waals surface area contributed by atoms with Crippen molar-refractivity contribution in [2.24, 2.45) is 5.92 Å². The largest absolute Gasteiger partial charge is 0.506 e. The summed E-state index contributed by atoms with van der Waals surface area (Å²) < 4.78 is 0. The summed E-state index contributed by atoms with van der Waals surface area (Å²) in [6, 6.07) is 21.1. The number of aromatic hydroxyl groups is 1. The molecule has 6 nitrogen and oxygen atoms in total. The molecule has 170 valence electrons. The Morgan fingerprint density at radius 1 is 0.788 bits per heavy atom. The van der Waals surface area contributed by atoms with Crippen LogP contribution in [0.1, 0.15) is 23.2 Å². The molecular formula is C27H29N3O3. The highest BCUT2D eigenvalue weighted by atomic mass is 16.3. The first-order chi connectivity index (χ1) is 16.1. The molecule has 1 atom stereocenters. The molecule has 0 radical (unpaired) electrons. The van der Waals surface area contributed by atoms with Crippen molar-refractivity contribution in [3.8, 4) is 5.75 Å². The number of para-hydroxylation sites is 2. The molecular weight excluding hydrogens is 414 g/mol. The Bertz CT molecular complexity index is 1160. The average Bonchev–Trinajstić information content (AvgIpc) is 2.88. The van der Waals surface area contributed by atoms with Crippen molar-refractivity contribution in [2.45, 2.75) is 12.8 Å². The van der Waals surface area contributed by atoms with Gasteiger partial charge in [0.15, 0.2) is 0 Å². The molecule has 3 aromatic rings. The molecule has 2 aliphatic heterocycles. The van der Waals surface area contributed by atoms with E-state index in [2.05, 4.69) is 4.90 Å². The maximum Gasteiger partial charge on any atom is 0.254 e. The Labute approximate surface area is 194 Å². The van der Waals surface area contributed by atoms with Crippen LogP contribution in [0, 0.1) is 5.92 Å². The van der Waals surface area contributed by atoms with E-state index < -0.39 is 0 Å². The molecule has 0 bridgehead atoms. The number of piperidine rings is 1. The van der Waals surface area contributed by atoms with Crippen molar-refractivity contribution in [1.82, 2.24) is 9.80 Å². The van der Waals surface area contributed by atoms with E-state index in [0.29, 0.717) is 44.8 Å². The fourth-order valence-electron chi connectivity index (χ4n) is 5.10. The van der Waals surface area contributed by atoms with Crippen LogP contribution in [0.5, 0.6) is 5.75 Å². The Balaban J connectivity index is 1.24. The van der Waals surface area contributed by atoms with Gasteiger partial charge in [-0.1, -0.05) is 48.5 Å². The monoisotopic (exact) mass is 443 g/mol. The number of hydrogen-bond acceptors (Lipinski definition) is 4. The molecule has 3 aromatic carbocycles.